The first-order valence-corrected chi connectivity index (χ1v) is 5.15. The molecule has 0 bridgehead atoms. The zero-order chi connectivity index (χ0) is 9.56. The van der Waals surface area contributed by atoms with E-state index in [1.807, 2.05) is 13.8 Å². The van der Waals surface area contributed by atoms with Crippen molar-refractivity contribution < 1.29 is 1.43 Å². The lowest BCUT2D eigenvalue weighted by molar-refractivity contribution is 0.269. The average Bonchev–Trinajstić information content (AvgIpc) is 2.55. The second kappa shape index (κ2) is 6.44. The first-order valence-electron chi connectivity index (χ1n) is 5.15. The molecule has 0 aromatic heterocycles. The Morgan fingerprint density at radius 3 is 2.25 bits per heavy atom. The highest BCUT2D eigenvalue weighted by atomic mass is 15.2. The molecular weight excluding hydrogens is 148 g/mol. The van der Waals surface area contributed by atoms with E-state index >= 15 is 0 Å². The van der Waals surface area contributed by atoms with Crippen LogP contribution in [0.3, 0.4) is 0 Å². The Hall–Kier alpha value is -0.0800. The molecule has 0 radical (unpaired) electrons. The summed E-state index contributed by atoms with van der Waals surface area (Å²) >= 11 is 0. The lowest BCUT2D eigenvalue weighted by atomic mass is 10.3. The average molecular weight is 174 g/mol. The minimum Gasteiger partial charge on any atom is -0.316 e. The van der Waals surface area contributed by atoms with Gasteiger partial charge in [0.25, 0.3) is 0 Å². The Morgan fingerprint density at radius 2 is 2.00 bits per heavy atom. The third kappa shape index (κ3) is 3.55. The monoisotopic (exact) mass is 174 g/mol. The first kappa shape index (κ1) is 11.9. The second-order valence-corrected chi connectivity index (χ2v) is 3.36. The molecule has 1 aliphatic heterocycles. The lowest BCUT2D eigenvalue weighted by Gasteiger charge is -2.19. The highest BCUT2D eigenvalue weighted by Gasteiger charge is 2.21. The summed E-state index contributed by atoms with van der Waals surface area (Å²) in [5.41, 5.74) is 0. The number of nitrogens with zero attached hydrogens (tertiary/aromatic N) is 1. The molecule has 1 saturated heterocycles. The fourth-order valence-electron chi connectivity index (χ4n) is 1.49. The SMILES string of the molecule is CC.CNC1CCN(C(C)C)C1.[HH]. The molecule has 1 atom stereocenters. The van der Waals surface area contributed by atoms with Crippen molar-refractivity contribution in [2.45, 2.75) is 46.2 Å². The molecule has 0 amide bonds. The van der Waals surface area contributed by atoms with E-state index in [2.05, 4.69) is 31.1 Å². The number of rotatable bonds is 2. The van der Waals surface area contributed by atoms with Gasteiger partial charge in [0.2, 0.25) is 0 Å². The van der Waals surface area contributed by atoms with Crippen LogP contribution in [0.4, 0.5) is 0 Å². The van der Waals surface area contributed by atoms with Gasteiger partial charge in [0.15, 0.2) is 0 Å². The van der Waals surface area contributed by atoms with Crippen molar-refractivity contribution in [3.8, 4) is 0 Å². The minimum atomic E-state index is 0. The Morgan fingerprint density at radius 1 is 1.42 bits per heavy atom. The standard InChI is InChI=1S/C8H18N2.C2H6.H2/c1-7(2)10-5-4-8(6-10)9-3;1-2;/h7-9H,4-6H2,1-3H3;1-2H3;1H. The molecule has 2 nitrogen and oxygen atoms in total. The van der Waals surface area contributed by atoms with Crippen LogP contribution in [-0.4, -0.2) is 37.1 Å². The molecule has 1 heterocycles. The third-order valence-electron chi connectivity index (χ3n) is 2.36. The van der Waals surface area contributed by atoms with Gasteiger partial charge in [0.1, 0.15) is 0 Å². The highest BCUT2D eigenvalue weighted by Crippen LogP contribution is 2.11. The van der Waals surface area contributed by atoms with Crippen molar-refractivity contribution in [3.63, 3.8) is 0 Å². The highest BCUT2D eigenvalue weighted by molar-refractivity contribution is 4.81. The number of hydrogen-bond acceptors (Lipinski definition) is 2. The van der Waals surface area contributed by atoms with Crippen molar-refractivity contribution in [2.24, 2.45) is 0 Å². The molecular formula is C10H26N2. The molecule has 0 spiro atoms. The molecule has 1 fully saturated rings. The fraction of sp³-hybridized carbons (Fsp3) is 1.00. The number of likely N-dealkylation sites (tertiary alicyclic amines) is 1. The predicted octanol–water partition coefficient (Wildman–Crippen LogP) is 1.96. The Bertz CT molecular complexity index is 107. The maximum atomic E-state index is 3.31. The maximum Gasteiger partial charge on any atom is 0.0204 e. The van der Waals surface area contributed by atoms with Crippen LogP contribution in [0.15, 0.2) is 0 Å². The van der Waals surface area contributed by atoms with Gasteiger partial charge < -0.3 is 5.32 Å². The van der Waals surface area contributed by atoms with Gasteiger partial charge >= 0.3 is 0 Å². The van der Waals surface area contributed by atoms with Gasteiger partial charge in [0, 0.05) is 20.1 Å². The summed E-state index contributed by atoms with van der Waals surface area (Å²) in [4.78, 5) is 2.52. The molecule has 2 heteroatoms. The second-order valence-electron chi connectivity index (χ2n) is 3.36. The normalized spacial score (nSPS) is 24.0. The summed E-state index contributed by atoms with van der Waals surface area (Å²) in [6.07, 6.45) is 1.31. The molecule has 1 unspecified atom stereocenters. The van der Waals surface area contributed by atoms with E-state index in [1.54, 1.807) is 0 Å². The van der Waals surface area contributed by atoms with E-state index in [-0.39, 0.29) is 1.43 Å². The molecule has 12 heavy (non-hydrogen) atoms. The molecule has 76 valence electrons. The van der Waals surface area contributed by atoms with E-state index in [0.717, 1.165) is 12.1 Å². The topological polar surface area (TPSA) is 15.3 Å². The minimum absolute atomic E-state index is 0. The summed E-state index contributed by atoms with van der Waals surface area (Å²) in [6, 6.07) is 1.46. The fourth-order valence-corrected chi connectivity index (χ4v) is 1.49. The van der Waals surface area contributed by atoms with Crippen molar-refractivity contribution in [2.75, 3.05) is 20.1 Å². The quantitative estimate of drug-likeness (QED) is 0.688. The van der Waals surface area contributed by atoms with Crippen LogP contribution in [0.2, 0.25) is 0 Å². The van der Waals surface area contributed by atoms with Crippen molar-refractivity contribution in [1.82, 2.24) is 10.2 Å². The zero-order valence-electron chi connectivity index (χ0n) is 9.22. The molecule has 1 aliphatic rings. The van der Waals surface area contributed by atoms with E-state index in [9.17, 15) is 0 Å². The van der Waals surface area contributed by atoms with Crippen LogP contribution < -0.4 is 5.32 Å². The van der Waals surface area contributed by atoms with Gasteiger partial charge in [-0.3, -0.25) is 4.90 Å². The van der Waals surface area contributed by atoms with Gasteiger partial charge in [-0.05, 0) is 33.9 Å². The molecule has 0 aliphatic carbocycles. The zero-order valence-corrected chi connectivity index (χ0v) is 9.22. The Labute approximate surface area is 78.8 Å². The van der Waals surface area contributed by atoms with Crippen LogP contribution >= 0.6 is 0 Å². The van der Waals surface area contributed by atoms with Gasteiger partial charge in [-0.15, -0.1) is 0 Å². The number of likely N-dealkylation sites (N-methyl/N-ethyl adjacent to an activating group) is 1. The maximum absolute atomic E-state index is 3.31. The van der Waals surface area contributed by atoms with Gasteiger partial charge in [-0.25, -0.2) is 0 Å². The van der Waals surface area contributed by atoms with Gasteiger partial charge in [0.05, 0.1) is 0 Å². The summed E-state index contributed by atoms with van der Waals surface area (Å²) in [5.74, 6) is 0. The number of hydrogen-bond donors (Lipinski definition) is 1. The Balaban J connectivity index is 0. The van der Waals surface area contributed by atoms with E-state index in [1.165, 1.54) is 19.5 Å². The molecule has 0 saturated carbocycles. The van der Waals surface area contributed by atoms with Crippen LogP contribution in [0.1, 0.15) is 35.5 Å². The van der Waals surface area contributed by atoms with Gasteiger partial charge in [-0.1, -0.05) is 13.8 Å². The summed E-state index contributed by atoms with van der Waals surface area (Å²) < 4.78 is 0. The van der Waals surface area contributed by atoms with Gasteiger partial charge in [-0.2, -0.15) is 0 Å². The van der Waals surface area contributed by atoms with Crippen molar-refractivity contribution >= 4 is 0 Å². The summed E-state index contributed by atoms with van der Waals surface area (Å²) in [6.45, 7) is 11.0. The largest absolute Gasteiger partial charge is 0.316 e. The van der Waals surface area contributed by atoms with Crippen LogP contribution in [0.5, 0.6) is 0 Å². The first-order chi connectivity index (χ1) is 5.74. The molecule has 1 N–H and O–H groups in total. The van der Waals surface area contributed by atoms with Crippen molar-refractivity contribution in [3.05, 3.63) is 0 Å². The van der Waals surface area contributed by atoms with Crippen molar-refractivity contribution in [1.29, 1.82) is 0 Å². The summed E-state index contributed by atoms with van der Waals surface area (Å²) in [7, 11) is 2.05. The molecule has 0 aromatic carbocycles. The summed E-state index contributed by atoms with van der Waals surface area (Å²) in [5, 5.41) is 3.31. The van der Waals surface area contributed by atoms with E-state index in [0.29, 0.717) is 0 Å². The van der Waals surface area contributed by atoms with Crippen LogP contribution in [0, 0.1) is 0 Å². The molecule has 0 aromatic rings. The number of nitrogens with one attached hydrogen (secondary N) is 1. The smallest absolute Gasteiger partial charge is 0.0204 e. The van der Waals surface area contributed by atoms with Crippen LogP contribution in [0.25, 0.3) is 0 Å². The van der Waals surface area contributed by atoms with Crippen LogP contribution in [-0.2, 0) is 0 Å². The Kier molecular flexibility index (Phi) is 6.39. The van der Waals surface area contributed by atoms with E-state index in [4.69, 9.17) is 0 Å². The third-order valence-corrected chi connectivity index (χ3v) is 2.36. The predicted molar refractivity (Wildman–Crippen MR) is 57.6 cm³/mol. The molecule has 1 rings (SSSR count). The lowest BCUT2D eigenvalue weighted by Crippen LogP contribution is -2.33. The van der Waals surface area contributed by atoms with E-state index < -0.39 is 0 Å².